The van der Waals surface area contributed by atoms with Gasteiger partial charge in [-0.1, -0.05) is 19.3 Å². The Morgan fingerprint density at radius 3 is 2.45 bits per heavy atom. The minimum absolute atomic E-state index is 0.0560. The second-order valence-electron chi connectivity index (χ2n) is 11.1. The van der Waals surface area contributed by atoms with Gasteiger partial charge in [0.2, 0.25) is 5.95 Å². The van der Waals surface area contributed by atoms with Crippen molar-refractivity contribution < 1.29 is 9.53 Å². The van der Waals surface area contributed by atoms with Gasteiger partial charge in [0.15, 0.2) is 5.65 Å². The van der Waals surface area contributed by atoms with Gasteiger partial charge in [-0.05, 0) is 63.8 Å². The minimum atomic E-state index is -0.0787. The van der Waals surface area contributed by atoms with Gasteiger partial charge in [-0.2, -0.15) is 4.98 Å². The van der Waals surface area contributed by atoms with Crippen LogP contribution in [0, 0.1) is 0 Å². The third-order valence-electron chi connectivity index (χ3n) is 8.91. The summed E-state index contributed by atoms with van der Waals surface area (Å²) < 4.78 is 9.06. The summed E-state index contributed by atoms with van der Waals surface area (Å²) in [4.78, 5) is 37.7. The fourth-order valence-electron chi connectivity index (χ4n) is 6.75. The van der Waals surface area contributed by atoms with Gasteiger partial charge in [-0.3, -0.25) is 13.9 Å². The molecule has 2 aliphatic heterocycles. The maximum Gasteiger partial charge on any atom is 0.330 e. The summed E-state index contributed by atoms with van der Waals surface area (Å²) in [7, 11) is 5.56. The zero-order valence-corrected chi connectivity index (χ0v) is 22.4. The second-order valence-corrected chi connectivity index (χ2v) is 11.1. The van der Waals surface area contributed by atoms with Gasteiger partial charge in [0.25, 0.3) is 5.91 Å². The molecule has 2 atom stereocenters. The molecule has 0 radical (unpaired) electrons. The van der Waals surface area contributed by atoms with Gasteiger partial charge in [0.1, 0.15) is 11.3 Å². The summed E-state index contributed by atoms with van der Waals surface area (Å²) in [5.41, 5.74) is 2.51. The van der Waals surface area contributed by atoms with E-state index in [2.05, 4.69) is 27.6 Å². The summed E-state index contributed by atoms with van der Waals surface area (Å²) >= 11 is 0. The molecule has 1 aromatic carbocycles. The van der Waals surface area contributed by atoms with Crippen LogP contribution in [0.4, 0.5) is 11.6 Å². The summed E-state index contributed by atoms with van der Waals surface area (Å²) in [6.45, 7) is 0. The van der Waals surface area contributed by atoms with Gasteiger partial charge < -0.3 is 20.3 Å². The molecule has 1 aliphatic carbocycles. The number of rotatable bonds is 6. The van der Waals surface area contributed by atoms with Crippen molar-refractivity contribution in [1.29, 1.82) is 0 Å². The normalized spacial score (nSPS) is 24.0. The summed E-state index contributed by atoms with van der Waals surface area (Å²) in [6.07, 6.45) is 11.6. The Morgan fingerprint density at radius 2 is 1.74 bits per heavy atom. The largest absolute Gasteiger partial charge is 0.495 e. The summed E-state index contributed by atoms with van der Waals surface area (Å²) in [5, 5.41) is 6.50. The van der Waals surface area contributed by atoms with Crippen LogP contribution in [0.3, 0.4) is 0 Å². The number of carbonyl (C=O) groups excluding carboxylic acids is 1. The molecule has 1 amide bonds. The molecule has 1 saturated carbocycles. The Kier molecular flexibility index (Phi) is 6.59. The molecule has 10 heteroatoms. The smallest absolute Gasteiger partial charge is 0.330 e. The molecule has 10 nitrogen and oxygen atoms in total. The van der Waals surface area contributed by atoms with Crippen LogP contribution in [0.5, 0.6) is 5.75 Å². The SMILES string of the molecule is COc1cc(C(=O)NC2CC3CCCC(C2)N3C)ccc1Nc1ncc2c(n1)n(C1CCCC1)c(=O)n2C. The number of amides is 1. The lowest BCUT2D eigenvalue weighted by molar-refractivity contribution is 0.0463. The predicted octanol–water partition coefficient (Wildman–Crippen LogP) is 3.74. The van der Waals surface area contributed by atoms with Gasteiger partial charge in [0.05, 0.1) is 19.0 Å². The number of benzene rings is 1. The number of fused-ring (bicyclic) bond motifs is 3. The van der Waals surface area contributed by atoms with E-state index in [0.717, 1.165) is 38.5 Å². The third kappa shape index (κ3) is 4.44. The quantitative estimate of drug-likeness (QED) is 0.511. The van der Waals surface area contributed by atoms with E-state index in [0.29, 0.717) is 46.2 Å². The predicted molar refractivity (Wildman–Crippen MR) is 146 cm³/mol. The number of imidazole rings is 1. The first-order valence-corrected chi connectivity index (χ1v) is 13.8. The lowest BCUT2D eigenvalue weighted by Gasteiger charge is -2.47. The first kappa shape index (κ1) is 24.9. The molecule has 4 heterocycles. The number of nitrogens with zero attached hydrogens (tertiary/aromatic N) is 5. The molecule has 2 aromatic heterocycles. The van der Waals surface area contributed by atoms with Crippen LogP contribution in [0.15, 0.2) is 29.2 Å². The van der Waals surface area contributed by atoms with Crippen LogP contribution in [0.2, 0.25) is 0 Å². The molecule has 3 aromatic rings. The van der Waals surface area contributed by atoms with E-state index < -0.39 is 0 Å². The highest BCUT2D eigenvalue weighted by atomic mass is 16.5. The number of aromatic nitrogens is 4. The lowest BCUT2D eigenvalue weighted by Crippen LogP contribution is -2.55. The monoisotopic (exact) mass is 519 g/mol. The average molecular weight is 520 g/mol. The molecule has 38 heavy (non-hydrogen) atoms. The van der Waals surface area contributed by atoms with Crippen molar-refractivity contribution in [3.63, 3.8) is 0 Å². The van der Waals surface area contributed by atoms with Crippen LogP contribution < -0.4 is 21.1 Å². The number of methoxy groups -OCH3 is 1. The molecule has 2 N–H and O–H groups in total. The maximum atomic E-state index is 13.1. The molecular weight excluding hydrogens is 482 g/mol. The van der Waals surface area contributed by atoms with Crippen molar-refractivity contribution in [2.75, 3.05) is 19.5 Å². The molecule has 3 fully saturated rings. The van der Waals surface area contributed by atoms with Crippen LogP contribution in [0.1, 0.15) is 74.2 Å². The van der Waals surface area contributed by atoms with E-state index in [9.17, 15) is 9.59 Å². The number of piperidine rings is 2. The topological polar surface area (TPSA) is 106 Å². The molecule has 2 unspecified atom stereocenters. The van der Waals surface area contributed by atoms with Crippen LogP contribution >= 0.6 is 0 Å². The van der Waals surface area contributed by atoms with E-state index in [-0.39, 0.29) is 23.7 Å². The van der Waals surface area contributed by atoms with Crippen molar-refractivity contribution in [1.82, 2.24) is 29.3 Å². The average Bonchev–Trinajstić information content (AvgIpc) is 3.51. The number of ether oxygens (including phenoxy) is 1. The van der Waals surface area contributed by atoms with Gasteiger partial charge in [-0.15, -0.1) is 0 Å². The van der Waals surface area contributed by atoms with Gasteiger partial charge >= 0.3 is 5.69 Å². The molecular formula is C28H37N7O3. The van der Waals surface area contributed by atoms with Crippen LogP contribution in [0.25, 0.3) is 11.2 Å². The van der Waals surface area contributed by atoms with Crippen LogP contribution in [-0.2, 0) is 7.05 Å². The summed E-state index contributed by atoms with van der Waals surface area (Å²) in [5.74, 6) is 0.830. The number of hydrogen-bond donors (Lipinski definition) is 2. The van der Waals surface area contributed by atoms with E-state index in [1.165, 1.54) is 19.3 Å². The Balaban J connectivity index is 1.21. The van der Waals surface area contributed by atoms with Gasteiger partial charge in [-0.25, -0.2) is 9.78 Å². The molecule has 0 spiro atoms. The summed E-state index contributed by atoms with van der Waals surface area (Å²) in [6, 6.07) is 6.85. The zero-order valence-electron chi connectivity index (χ0n) is 22.4. The Labute approximate surface area is 222 Å². The van der Waals surface area contributed by atoms with Crippen molar-refractivity contribution >= 4 is 28.7 Å². The molecule has 6 rings (SSSR count). The highest BCUT2D eigenvalue weighted by Crippen LogP contribution is 2.34. The highest BCUT2D eigenvalue weighted by Gasteiger charge is 2.36. The first-order chi connectivity index (χ1) is 18.4. The zero-order chi connectivity index (χ0) is 26.4. The van der Waals surface area contributed by atoms with Crippen molar-refractivity contribution in [2.45, 2.75) is 82.0 Å². The number of aryl methyl sites for hydroxylation is 1. The molecule has 202 valence electrons. The Morgan fingerprint density at radius 1 is 1.03 bits per heavy atom. The molecule has 3 aliphatic rings. The lowest BCUT2D eigenvalue weighted by atomic mass is 9.82. The minimum Gasteiger partial charge on any atom is -0.495 e. The number of nitrogens with one attached hydrogen (secondary N) is 2. The molecule has 2 saturated heterocycles. The van der Waals surface area contributed by atoms with Crippen molar-refractivity contribution in [2.24, 2.45) is 7.05 Å². The van der Waals surface area contributed by atoms with E-state index in [4.69, 9.17) is 9.72 Å². The Bertz CT molecular complexity index is 1390. The van der Waals surface area contributed by atoms with Crippen LogP contribution in [-0.4, -0.2) is 62.2 Å². The van der Waals surface area contributed by atoms with Crippen molar-refractivity contribution in [3.05, 3.63) is 40.4 Å². The first-order valence-electron chi connectivity index (χ1n) is 13.8. The number of carbonyl (C=O) groups is 1. The standard InChI is InChI=1S/C28H37N7O3/c1-33-20-9-6-10-21(33)15-18(14-20)30-26(36)17-11-12-22(24(13-17)38-3)31-27-29-16-23-25(32-27)35(28(37)34(23)2)19-7-4-5-8-19/h11-13,16,18-21H,4-10,14-15H2,1-3H3,(H,30,36)(H,29,31,32). The van der Waals surface area contributed by atoms with Gasteiger partial charge in [0, 0.05) is 36.8 Å². The van der Waals surface area contributed by atoms with E-state index >= 15 is 0 Å². The molecule has 2 bridgehead atoms. The highest BCUT2D eigenvalue weighted by molar-refractivity contribution is 5.95. The maximum absolute atomic E-state index is 13.1. The third-order valence-corrected chi connectivity index (χ3v) is 8.91. The second kappa shape index (κ2) is 10.1. The van der Waals surface area contributed by atoms with E-state index in [1.807, 2.05) is 10.6 Å². The Hall–Kier alpha value is -3.40. The number of hydrogen-bond acceptors (Lipinski definition) is 7. The van der Waals surface area contributed by atoms with E-state index in [1.54, 1.807) is 37.1 Å². The fourth-order valence-corrected chi connectivity index (χ4v) is 6.75. The number of anilines is 2. The van der Waals surface area contributed by atoms with Crippen molar-refractivity contribution in [3.8, 4) is 5.75 Å². The fraction of sp³-hybridized carbons (Fsp3) is 0.571.